The molecule has 3 aromatic rings. The number of hydrogen-bond acceptors (Lipinski definition) is 5. The van der Waals surface area contributed by atoms with E-state index < -0.39 is 10.1 Å². The van der Waals surface area contributed by atoms with Crippen LogP contribution in [0, 0.1) is 0 Å². The topological polar surface area (TPSA) is 89.5 Å². The average molecular weight is 532 g/mol. The number of rotatable bonds is 4. The summed E-state index contributed by atoms with van der Waals surface area (Å²) in [6.45, 7) is 7.40. The van der Waals surface area contributed by atoms with Crippen LogP contribution in [0.4, 0.5) is 5.69 Å². The molecule has 0 saturated carbocycles. The summed E-state index contributed by atoms with van der Waals surface area (Å²) in [6, 6.07) is 19.4. The molecule has 0 aromatic heterocycles. The number of nitrogens with zero attached hydrogens (tertiary/aromatic N) is 2. The number of anilines is 1. The Morgan fingerprint density at radius 3 is 2.15 bits per heavy atom. The Labute approximate surface area is 202 Å². The van der Waals surface area contributed by atoms with Gasteiger partial charge < -0.3 is 14.4 Å². The van der Waals surface area contributed by atoms with Gasteiger partial charge in [-0.1, -0.05) is 46.3 Å². The van der Waals surface area contributed by atoms with Crippen molar-refractivity contribution in [2.75, 3.05) is 51.1 Å². The largest absolute Gasteiger partial charge is 0.744 e. The van der Waals surface area contributed by atoms with Crippen molar-refractivity contribution in [1.29, 1.82) is 0 Å². The quantitative estimate of drug-likeness (QED) is 0.412. The van der Waals surface area contributed by atoms with Crippen LogP contribution >= 0.6 is 15.9 Å². The van der Waals surface area contributed by atoms with Crippen LogP contribution in [0.1, 0.15) is 0 Å². The van der Waals surface area contributed by atoms with Crippen LogP contribution < -0.4 is 5.32 Å². The second kappa shape index (κ2) is 9.90. The molecule has 3 aliphatic heterocycles. The number of fused-ring (bicyclic) bond motifs is 4. The monoisotopic (exact) mass is 531 g/mol. The molecule has 33 heavy (non-hydrogen) atoms. The van der Waals surface area contributed by atoms with Crippen LogP contribution in [0.5, 0.6) is 0 Å². The summed E-state index contributed by atoms with van der Waals surface area (Å²) in [5, 5.41) is 4.67. The van der Waals surface area contributed by atoms with Crippen molar-refractivity contribution >= 4 is 48.4 Å². The molecule has 3 fully saturated rings. The van der Waals surface area contributed by atoms with Gasteiger partial charge in [0.1, 0.15) is 10.1 Å². The first-order valence-electron chi connectivity index (χ1n) is 10.8. The maximum absolute atomic E-state index is 12.2. The van der Waals surface area contributed by atoms with Crippen molar-refractivity contribution in [2.24, 2.45) is 0 Å². The van der Waals surface area contributed by atoms with E-state index in [2.05, 4.69) is 26.1 Å². The van der Waals surface area contributed by atoms with E-state index in [1.807, 2.05) is 36.4 Å². The van der Waals surface area contributed by atoms with Crippen molar-refractivity contribution in [1.82, 2.24) is 4.90 Å². The van der Waals surface area contributed by atoms with E-state index in [0.717, 1.165) is 64.7 Å². The van der Waals surface area contributed by atoms with Gasteiger partial charge in [0.15, 0.2) is 6.54 Å². The molecule has 3 saturated heterocycles. The summed E-state index contributed by atoms with van der Waals surface area (Å²) in [5.74, 6) is 0.137. The van der Waals surface area contributed by atoms with Gasteiger partial charge in [0, 0.05) is 29.8 Å². The number of hydrogen-bond donors (Lipinski definition) is 1. The third kappa shape index (κ3) is 6.18. The minimum Gasteiger partial charge on any atom is -0.744 e. The average Bonchev–Trinajstić information content (AvgIpc) is 2.81. The fourth-order valence-corrected chi connectivity index (χ4v) is 5.10. The Kier molecular flexibility index (Phi) is 7.16. The van der Waals surface area contributed by atoms with Gasteiger partial charge in [0.25, 0.3) is 5.91 Å². The van der Waals surface area contributed by atoms with Crippen molar-refractivity contribution in [3.63, 3.8) is 0 Å². The second-order valence-corrected chi connectivity index (χ2v) is 10.8. The van der Waals surface area contributed by atoms with Gasteiger partial charge in [-0.15, -0.1) is 0 Å². The number of carbonyl (C=O) groups is 1. The van der Waals surface area contributed by atoms with Gasteiger partial charge in [0.2, 0.25) is 0 Å². The molecule has 1 amide bonds. The molecule has 2 bridgehead atoms. The normalized spacial score (nSPS) is 21.8. The number of nitrogens with one attached hydrogen (secondary N) is 1. The standard InChI is InChI=1S/C14H18BrN3O.C10H8O3S/c15-12-1-3-13(4-2-12)16-14(19)11-18-8-5-17(6-9-18)7-10-18;11-14(12,13)10-6-5-8-3-1-2-4-9(8)7-10/h1-4H,5-11H2;1-7H,(H,11,12,13). The van der Waals surface area contributed by atoms with Crippen LogP contribution in [0.3, 0.4) is 0 Å². The molecule has 0 aliphatic carbocycles. The third-order valence-electron chi connectivity index (χ3n) is 6.29. The van der Waals surface area contributed by atoms with E-state index >= 15 is 0 Å². The second-order valence-electron chi connectivity index (χ2n) is 8.53. The fourth-order valence-electron chi connectivity index (χ4n) is 4.33. The molecule has 1 N–H and O–H groups in total. The van der Waals surface area contributed by atoms with E-state index in [0.29, 0.717) is 6.54 Å². The molecule has 9 heteroatoms. The summed E-state index contributed by atoms with van der Waals surface area (Å²) in [5.41, 5.74) is 0.877. The zero-order valence-electron chi connectivity index (χ0n) is 18.1. The molecule has 7 nitrogen and oxygen atoms in total. The van der Waals surface area contributed by atoms with E-state index in [4.69, 9.17) is 0 Å². The predicted molar refractivity (Wildman–Crippen MR) is 131 cm³/mol. The number of amides is 1. The molecule has 0 radical (unpaired) electrons. The van der Waals surface area contributed by atoms with Crippen LogP contribution in [-0.4, -0.2) is 74.1 Å². The highest BCUT2D eigenvalue weighted by Gasteiger charge is 2.39. The highest BCUT2D eigenvalue weighted by atomic mass is 79.9. The molecule has 174 valence electrons. The van der Waals surface area contributed by atoms with Crippen LogP contribution in [0.2, 0.25) is 0 Å². The lowest BCUT2D eigenvalue weighted by molar-refractivity contribution is -0.933. The van der Waals surface area contributed by atoms with Gasteiger partial charge in [-0.25, -0.2) is 8.42 Å². The summed E-state index contributed by atoms with van der Waals surface area (Å²) < 4.78 is 34.2. The molecule has 0 atom stereocenters. The summed E-state index contributed by atoms with van der Waals surface area (Å²) in [4.78, 5) is 14.5. The van der Waals surface area contributed by atoms with Gasteiger partial charge in [-0.2, -0.15) is 0 Å². The predicted octanol–water partition coefficient (Wildman–Crippen LogP) is 3.28. The number of halogens is 1. The summed E-state index contributed by atoms with van der Waals surface area (Å²) in [6.07, 6.45) is 0. The maximum Gasteiger partial charge on any atom is 0.279 e. The zero-order valence-corrected chi connectivity index (χ0v) is 20.5. The first kappa shape index (κ1) is 23.8. The van der Waals surface area contributed by atoms with Crippen LogP contribution in [-0.2, 0) is 14.9 Å². The molecule has 3 heterocycles. The first-order valence-corrected chi connectivity index (χ1v) is 13.0. The Bertz CT molecular complexity index is 1230. The lowest BCUT2D eigenvalue weighted by atomic mass is 10.1. The minimum absolute atomic E-state index is 0.137. The minimum atomic E-state index is -4.34. The molecular formula is C24H26BrN3O4S. The smallest absolute Gasteiger partial charge is 0.279 e. The van der Waals surface area contributed by atoms with Crippen LogP contribution in [0.25, 0.3) is 10.8 Å². The van der Waals surface area contributed by atoms with Gasteiger partial charge in [-0.05, 0) is 47.2 Å². The van der Waals surface area contributed by atoms with Crippen molar-refractivity contribution < 1.29 is 22.2 Å². The van der Waals surface area contributed by atoms with E-state index in [1.54, 1.807) is 18.2 Å². The lowest BCUT2D eigenvalue weighted by Gasteiger charge is -2.50. The molecule has 3 aliphatic rings. The number of carbonyl (C=O) groups excluding carboxylic acids is 1. The van der Waals surface area contributed by atoms with Gasteiger partial charge in [0.05, 0.1) is 24.5 Å². The van der Waals surface area contributed by atoms with Crippen molar-refractivity contribution in [3.8, 4) is 0 Å². The van der Waals surface area contributed by atoms with Crippen molar-refractivity contribution in [2.45, 2.75) is 4.90 Å². The molecule has 0 unspecified atom stereocenters. The van der Waals surface area contributed by atoms with Crippen LogP contribution in [0.15, 0.2) is 76.1 Å². The highest BCUT2D eigenvalue weighted by molar-refractivity contribution is 9.10. The summed E-state index contributed by atoms with van der Waals surface area (Å²) >= 11 is 3.40. The number of benzene rings is 3. The lowest BCUT2D eigenvalue weighted by Crippen LogP contribution is -2.68. The highest BCUT2D eigenvalue weighted by Crippen LogP contribution is 2.20. The Hall–Kier alpha value is -2.30. The Balaban J connectivity index is 0.000000165. The molecule has 6 rings (SSSR count). The Morgan fingerprint density at radius 2 is 1.55 bits per heavy atom. The number of piperazine rings is 3. The molecule has 0 spiro atoms. The first-order chi connectivity index (χ1) is 15.7. The molecule has 3 aromatic carbocycles. The Morgan fingerprint density at radius 1 is 0.939 bits per heavy atom. The third-order valence-corrected chi connectivity index (χ3v) is 7.65. The van der Waals surface area contributed by atoms with Gasteiger partial charge >= 0.3 is 0 Å². The molecular weight excluding hydrogens is 506 g/mol. The number of quaternary nitrogens is 1. The summed E-state index contributed by atoms with van der Waals surface area (Å²) in [7, 11) is -4.34. The van der Waals surface area contributed by atoms with Crippen molar-refractivity contribution in [3.05, 3.63) is 71.2 Å². The zero-order chi connectivity index (χ0) is 23.5. The maximum atomic E-state index is 12.2. The SMILES string of the molecule is O=C(C[N+]12CCN(CC1)CC2)Nc1ccc(Br)cc1.O=S(=O)([O-])c1ccc2ccccc2c1. The van der Waals surface area contributed by atoms with E-state index in [9.17, 15) is 17.8 Å². The fraction of sp³-hybridized carbons (Fsp3) is 0.292. The van der Waals surface area contributed by atoms with Gasteiger partial charge in [-0.3, -0.25) is 9.69 Å². The van der Waals surface area contributed by atoms with E-state index in [1.165, 1.54) is 12.1 Å². The van der Waals surface area contributed by atoms with E-state index in [-0.39, 0.29) is 10.8 Å².